The van der Waals surface area contributed by atoms with E-state index in [4.69, 9.17) is 5.73 Å². The minimum atomic E-state index is -0.416. The standard InChI is InChI=1S/C11H12N4O2/c1-8-6-11(12)13-14(8)7-9-2-4-10(5-3-9)15(16)17/h2-6H,7H2,1H3,(H2,12,13). The van der Waals surface area contributed by atoms with E-state index >= 15 is 0 Å². The van der Waals surface area contributed by atoms with Gasteiger partial charge in [0, 0.05) is 23.9 Å². The second-order valence-electron chi connectivity index (χ2n) is 3.79. The second kappa shape index (κ2) is 4.25. The molecule has 0 bridgehead atoms. The van der Waals surface area contributed by atoms with Crippen molar-refractivity contribution in [2.75, 3.05) is 5.73 Å². The molecule has 0 aliphatic heterocycles. The number of aromatic nitrogens is 2. The first-order valence-electron chi connectivity index (χ1n) is 5.09. The molecule has 88 valence electrons. The summed E-state index contributed by atoms with van der Waals surface area (Å²) >= 11 is 0. The van der Waals surface area contributed by atoms with Crippen LogP contribution in [0.15, 0.2) is 30.3 Å². The average Bonchev–Trinajstić information content (AvgIpc) is 2.58. The summed E-state index contributed by atoms with van der Waals surface area (Å²) in [6.07, 6.45) is 0. The van der Waals surface area contributed by atoms with Gasteiger partial charge in [-0.15, -0.1) is 0 Å². The van der Waals surface area contributed by atoms with Crippen LogP contribution in [-0.4, -0.2) is 14.7 Å². The second-order valence-corrected chi connectivity index (χ2v) is 3.79. The number of nitrogen functional groups attached to an aromatic ring is 1. The molecule has 0 unspecified atom stereocenters. The Hall–Kier alpha value is -2.37. The van der Waals surface area contributed by atoms with E-state index < -0.39 is 4.92 Å². The Balaban J connectivity index is 2.19. The van der Waals surface area contributed by atoms with Gasteiger partial charge in [-0.1, -0.05) is 12.1 Å². The molecule has 0 amide bonds. The zero-order chi connectivity index (χ0) is 12.4. The number of nitrogens with zero attached hydrogens (tertiary/aromatic N) is 3. The third kappa shape index (κ3) is 2.41. The topological polar surface area (TPSA) is 87.0 Å². The fourth-order valence-electron chi connectivity index (χ4n) is 1.59. The van der Waals surface area contributed by atoms with E-state index in [0.717, 1.165) is 11.3 Å². The molecule has 1 aromatic carbocycles. The van der Waals surface area contributed by atoms with Gasteiger partial charge in [0.15, 0.2) is 0 Å². The fourth-order valence-corrected chi connectivity index (χ4v) is 1.59. The molecule has 0 atom stereocenters. The molecule has 17 heavy (non-hydrogen) atoms. The maximum absolute atomic E-state index is 10.5. The first-order valence-corrected chi connectivity index (χ1v) is 5.09. The summed E-state index contributed by atoms with van der Waals surface area (Å²) in [6, 6.07) is 8.19. The maximum Gasteiger partial charge on any atom is 0.269 e. The van der Waals surface area contributed by atoms with Crippen LogP contribution in [0.2, 0.25) is 0 Å². The third-order valence-electron chi connectivity index (χ3n) is 2.48. The number of nitro groups is 1. The van der Waals surface area contributed by atoms with Crippen LogP contribution in [-0.2, 0) is 6.54 Å². The molecule has 0 saturated heterocycles. The van der Waals surface area contributed by atoms with E-state index in [1.165, 1.54) is 12.1 Å². The molecule has 0 aliphatic rings. The first-order chi connectivity index (χ1) is 8.06. The van der Waals surface area contributed by atoms with Gasteiger partial charge in [0.2, 0.25) is 0 Å². The SMILES string of the molecule is Cc1cc(N)nn1Cc1ccc([N+](=O)[O-])cc1. The summed E-state index contributed by atoms with van der Waals surface area (Å²) in [6.45, 7) is 2.47. The van der Waals surface area contributed by atoms with Crippen molar-refractivity contribution in [3.05, 3.63) is 51.7 Å². The van der Waals surface area contributed by atoms with Crippen molar-refractivity contribution in [3.8, 4) is 0 Å². The Morgan fingerprint density at radius 2 is 2.06 bits per heavy atom. The van der Waals surface area contributed by atoms with E-state index in [1.807, 2.05) is 6.92 Å². The highest BCUT2D eigenvalue weighted by Gasteiger charge is 2.06. The van der Waals surface area contributed by atoms with Crippen molar-refractivity contribution in [1.82, 2.24) is 9.78 Å². The van der Waals surface area contributed by atoms with Crippen molar-refractivity contribution < 1.29 is 4.92 Å². The molecule has 2 N–H and O–H groups in total. The molecule has 0 aliphatic carbocycles. The molecule has 2 aromatic rings. The number of hydrogen-bond donors (Lipinski definition) is 1. The van der Waals surface area contributed by atoms with Crippen LogP contribution >= 0.6 is 0 Å². The van der Waals surface area contributed by atoms with Crippen LogP contribution in [0, 0.1) is 17.0 Å². The summed E-state index contributed by atoms with van der Waals surface area (Å²) in [5, 5.41) is 14.6. The van der Waals surface area contributed by atoms with E-state index in [9.17, 15) is 10.1 Å². The van der Waals surface area contributed by atoms with E-state index in [0.29, 0.717) is 12.4 Å². The Bertz CT molecular complexity index is 545. The van der Waals surface area contributed by atoms with Gasteiger partial charge in [0.1, 0.15) is 5.82 Å². The molecule has 1 heterocycles. The zero-order valence-corrected chi connectivity index (χ0v) is 9.33. The molecule has 0 spiro atoms. The predicted octanol–water partition coefficient (Wildman–Crippen LogP) is 1.73. The minimum Gasteiger partial charge on any atom is -0.382 e. The summed E-state index contributed by atoms with van der Waals surface area (Å²) in [4.78, 5) is 10.1. The highest BCUT2D eigenvalue weighted by atomic mass is 16.6. The van der Waals surface area contributed by atoms with Crippen LogP contribution in [0.3, 0.4) is 0 Å². The quantitative estimate of drug-likeness (QED) is 0.644. The average molecular weight is 232 g/mol. The fraction of sp³-hybridized carbons (Fsp3) is 0.182. The van der Waals surface area contributed by atoms with Crippen molar-refractivity contribution in [2.24, 2.45) is 0 Å². The maximum atomic E-state index is 10.5. The van der Waals surface area contributed by atoms with Crippen LogP contribution in [0.4, 0.5) is 11.5 Å². The summed E-state index contributed by atoms with van der Waals surface area (Å²) in [5.74, 6) is 0.476. The van der Waals surface area contributed by atoms with Crippen LogP contribution in [0.5, 0.6) is 0 Å². The predicted molar refractivity (Wildman–Crippen MR) is 63.6 cm³/mol. The number of nitro benzene ring substituents is 1. The Morgan fingerprint density at radius 3 is 2.53 bits per heavy atom. The Kier molecular flexibility index (Phi) is 2.78. The van der Waals surface area contributed by atoms with Crippen molar-refractivity contribution in [3.63, 3.8) is 0 Å². The smallest absolute Gasteiger partial charge is 0.269 e. The van der Waals surface area contributed by atoms with Crippen LogP contribution in [0.25, 0.3) is 0 Å². The summed E-state index contributed by atoms with van der Waals surface area (Å²) in [5.41, 5.74) is 7.57. The van der Waals surface area contributed by atoms with Crippen LogP contribution in [0.1, 0.15) is 11.3 Å². The number of nitrogens with two attached hydrogens (primary N) is 1. The normalized spacial score (nSPS) is 10.4. The molecule has 1 aromatic heterocycles. The largest absolute Gasteiger partial charge is 0.382 e. The zero-order valence-electron chi connectivity index (χ0n) is 9.33. The van der Waals surface area contributed by atoms with Gasteiger partial charge in [0.05, 0.1) is 11.5 Å². The number of non-ortho nitro benzene ring substituents is 1. The molecule has 0 fully saturated rings. The highest BCUT2D eigenvalue weighted by molar-refractivity contribution is 5.34. The monoisotopic (exact) mass is 232 g/mol. The highest BCUT2D eigenvalue weighted by Crippen LogP contribution is 2.14. The molecule has 6 heteroatoms. The molecular formula is C11H12N4O2. The number of anilines is 1. The van der Waals surface area contributed by atoms with Gasteiger partial charge in [-0.3, -0.25) is 14.8 Å². The first kappa shape index (κ1) is 11.1. The van der Waals surface area contributed by atoms with Gasteiger partial charge in [-0.25, -0.2) is 0 Å². The lowest BCUT2D eigenvalue weighted by Crippen LogP contribution is -2.04. The van der Waals surface area contributed by atoms with Gasteiger partial charge >= 0.3 is 0 Å². The van der Waals surface area contributed by atoms with E-state index in [2.05, 4.69) is 5.10 Å². The molecule has 2 rings (SSSR count). The van der Waals surface area contributed by atoms with E-state index in [-0.39, 0.29) is 5.69 Å². The van der Waals surface area contributed by atoms with Crippen molar-refractivity contribution in [1.29, 1.82) is 0 Å². The minimum absolute atomic E-state index is 0.0884. The number of hydrogen-bond acceptors (Lipinski definition) is 4. The lowest BCUT2D eigenvalue weighted by molar-refractivity contribution is -0.384. The van der Waals surface area contributed by atoms with Gasteiger partial charge < -0.3 is 5.73 Å². The lowest BCUT2D eigenvalue weighted by atomic mass is 10.2. The number of aryl methyl sites for hydroxylation is 1. The van der Waals surface area contributed by atoms with Gasteiger partial charge in [-0.05, 0) is 12.5 Å². The molecule has 6 nitrogen and oxygen atoms in total. The number of benzene rings is 1. The van der Waals surface area contributed by atoms with Crippen LogP contribution < -0.4 is 5.73 Å². The summed E-state index contributed by atoms with van der Waals surface area (Å²) in [7, 11) is 0. The molecular weight excluding hydrogens is 220 g/mol. The van der Waals surface area contributed by atoms with Gasteiger partial charge in [0.25, 0.3) is 5.69 Å². The number of rotatable bonds is 3. The summed E-state index contributed by atoms with van der Waals surface area (Å²) < 4.78 is 1.76. The van der Waals surface area contributed by atoms with E-state index in [1.54, 1.807) is 22.9 Å². The van der Waals surface area contributed by atoms with Crippen molar-refractivity contribution >= 4 is 11.5 Å². The third-order valence-corrected chi connectivity index (χ3v) is 2.48. The van der Waals surface area contributed by atoms with Crippen molar-refractivity contribution in [2.45, 2.75) is 13.5 Å². The molecule has 0 saturated carbocycles. The Morgan fingerprint density at radius 1 is 1.41 bits per heavy atom. The lowest BCUT2D eigenvalue weighted by Gasteiger charge is -2.03. The Labute approximate surface area is 97.8 Å². The molecule has 0 radical (unpaired) electrons. The van der Waals surface area contributed by atoms with Gasteiger partial charge in [-0.2, -0.15) is 5.10 Å².